The van der Waals surface area contributed by atoms with Crippen molar-refractivity contribution in [2.45, 2.75) is 31.4 Å². The van der Waals surface area contributed by atoms with Crippen molar-refractivity contribution in [2.75, 3.05) is 46.5 Å². The van der Waals surface area contributed by atoms with Crippen LogP contribution in [0.3, 0.4) is 0 Å². The van der Waals surface area contributed by atoms with E-state index in [-0.39, 0.29) is 0 Å². The minimum Gasteiger partial charge on any atom is -0.381 e. The van der Waals surface area contributed by atoms with Crippen LogP contribution in [0.25, 0.3) is 0 Å². The zero-order valence-electron chi connectivity index (χ0n) is 10.3. The molecule has 4 nitrogen and oxygen atoms in total. The van der Waals surface area contributed by atoms with E-state index in [4.69, 9.17) is 9.47 Å². The molecule has 0 aromatic heterocycles. The molecule has 1 N–H and O–H groups in total. The number of morpholine rings is 1. The van der Waals surface area contributed by atoms with E-state index >= 15 is 0 Å². The summed E-state index contributed by atoms with van der Waals surface area (Å²) >= 11 is 0. The van der Waals surface area contributed by atoms with Crippen LogP contribution in [0.2, 0.25) is 0 Å². The second-order valence-electron chi connectivity index (χ2n) is 4.74. The smallest absolute Gasteiger partial charge is 0.0826 e. The van der Waals surface area contributed by atoms with Gasteiger partial charge in [0.15, 0.2) is 0 Å². The van der Waals surface area contributed by atoms with Gasteiger partial charge in [-0.15, -0.1) is 0 Å². The van der Waals surface area contributed by atoms with E-state index in [1.54, 1.807) is 0 Å². The van der Waals surface area contributed by atoms with Crippen LogP contribution in [-0.2, 0) is 9.47 Å². The number of hydrogen-bond donors (Lipinski definition) is 1. The Morgan fingerprint density at radius 3 is 3.06 bits per heavy atom. The topological polar surface area (TPSA) is 33.7 Å². The highest BCUT2D eigenvalue weighted by molar-refractivity contribution is 4.80. The van der Waals surface area contributed by atoms with E-state index in [2.05, 4.69) is 10.2 Å². The molecule has 0 aromatic carbocycles. The Labute approximate surface area is 98.3 Å². The van der Waals surface area contributed by atoms with Gasteiger partial charge >= 0.3 is 0 Å². The van der Waals surface area contributed by atoms with Crippen molar-refractivity contribution in [3.8, 4) is 0 Å². The van der Waals surface area contributed by atoms with Crippen LogP contribution in [0.5, 0.6) is 0 Å². The van der Waals surface area contributed by atoms with Crippen LogP contribution in [-0.4, -0.2) is 63.5 Å². The first kappa shape index (κ1) is 12.3. The van der Waals surface area contributed by atoms with Crippen molar-refractivity contribution >= 4 is 0 Å². The van der Waals surface area contributed by atoms with Gasteiger partial charge in [0, 0.05) is 38.9 Å². The first-order valence-corrected chi connectivity index (χ1v) is 6.48. The Morgan fingerprint density at radius 1 is 1.25 bits per heavy atom. The molecule has 0 amide bonds. The summed E-state index contributed by atoms with van der Waals surface area (Å²) in [7, 11) is 1.99. The van der Waals surface area contributed by atoms with Crippen LogP contribution in [0, 0.1) is 0 Å². The summed E-state index contributed by atoms with van der Waals surface area (Å²) < 4.78 is 11.3. The molecule has 0 spiro atoms. The zero-order valence-corrected chi connectivity index (χ0v) is 10.3. The summed E-state index contributed by atoms with van der Waals surface area (Å²) in [5, 5.41) is 3.20. The molecule has 0 aliphatic carbocycles. The molecule has 0 saturated carbocycles. The maximum atomic E-state index is 5.74. The van der Waals surface area contributed by atoms with Gasteiger partial charge in [-0.05, 0) is 26.3 Å². The van der Waals surface area contributed by atoms with Crippen molar-refractivity contribution in [2.24, 2.45) is 0 Å². The standard InChI is InChI=1S/C12H24N2O2/c1-13-9-12-10-14(5-8-16-12)11-3-2-6-15-7-4-11/h11-13H,2-10H2,1H3. The molecule has 2 unspecified atom stereocenters. The average molecular weight is 228 g/mol. The lowest BCUT2D eigenvalue weighted by atomic mass is 10.1. The molecule has 16 heavy (non-hydrogen) atoms. The average Bonchev–Trinajstić information content (AvgIpc) is 2.58. The van der Waals surface area contributed by atoms with Gasteiger partial charge in [0.2, 0.25) is 0 Å². The molecular formula is C12H24N2O2. The number of nitrogens with one attached hydrogen (secondary N) is 1. The largest absolute Gasteiger partial charge is 0.381 e. The number of ether oxygens (including phenoxy) is 2. The van der Waals surface area contributed by atoms with Crippen LogP contribution in [0.15, 0.2) is 0 Å². The Balaban J connectivity index is 1.82. The highest BCUT2D eigenvalue weighted by atomic mass is 16.5. The second kappa shape index (κ2) is 6.55. The third-order valence-electron chi connectivity index (χ3n) is 3.54. The Hall–Kier alpha value is -0.160. The van der Waals surface area contributed by atoms with Gasteiger partial charge in [0.25, 0.3) is 0 Å². The van der Waals surface area contributed by atoms with Gasteiger partial charge in [-0.25, -0.2) is 0 Å². The highest BCUT2D eigenvalue weighted by Crippen LogP contribution is 2.18. The zero-order chi connectivity index (χ0) is 11.2. The second-order valence-corrected chi connectivity index (χ2v) is 4.74. The van der Waals surface area contributed by atoms with Crippen molar-refractivity contribution in [1.29, 1.82) is 0 Å². The minimum atomic E-state index is 0.364. The molecule has 2 rings (SSSR count). The fraction of sp³-hybridized carbons (Fsp3) is 1.00. The van der Waals surface area contributed by atoms with Crippen molar-refractivity contribution < 1.29 is 9.47 Å². The first-order chi connectivity index (χ1) is 7.90. The Morgan fingerprint density at radius 2 is 2.19 bits per heavy atom. The van der Waals surface area contributed by atoms with E-state index in [1.807, 2.05) is 7.05 Å². The first-order valence-electron chi connectivity index (χ1n) is 6.48. The molecule has 4 heteroatoms. The number of likely N-dealkylation sites (N-methyl/N-ethyl adjacent to an activating group) is 1. The predicted molar refractivity (Wildman–Crippen MR) is 63.7 cm³/mol. The van der Waals surface area contributed by atoms with Crippen LogP contribution < -0.4 is 5.32 Å². The number of nitrogens with zero attached hydrogens (tertiary/aromatic N) is 1. The molecule has 2 heterocycles. The monoisotopic (exact) mass is 228 g/mol. The van der Waals surface area contributed by atoms with Crippen molar-refractivity contribution in [3.05, 3.63) is 0 Å². The maximum Gasteiger partial charge on any atom is 0.0826 e. The molecule has 2 saturated heterocycles. The predicted octanol–water partition coefficient (Wildman–Crippen LogP) is 0.476. The Kier molecular flexibility index (Phi) is 5.03. The van der Waals surface area contributed by atoms with E-state index in [9.17, 15) is 0 Å². The summed E-state index contributed by atoms with van der Waals surface area (Å²) in [5.41, 5.74) is 0. The van der Waals surface area contributed by atoms with E-state index in [0.717, 1.165) is 39.5 Å². The van der Waals surface area contributed by atoms with E-state index < -0.39 is 0 Å². The molecule has 94 valence electrons. The lowest BCUT2D eigenvalue weighted by Crippen LogP contribution is -2.50. The number of rotatable bonds is 3. The van der Waals surface area contributed by atoms with Crippen LogP contribution in [0.4, 0.5) is 0 Å². The van der Waals surface area contributed by atoms with E-state index in [0.29, 0.717) is 12.1 Å². The molecular weight excluding hydrogens is 204 g/mol. The summed E-state index contributed by atoms with van der Waals surface area (Å²) in [6.07, 6.45) is 4.04. The molecule has 0 aromatic rings. The van der Waals surface area contributed by atoms with Crippen molar-refractivity contribution in [1.82, 2.24) is 10.2 Å². The lowest BCUT2D eigenvalue weighted by molar-refractivity contribution is -0.0437. The summed E-state index contributed by atoms with van der Waals surface area (Å²) in [4.78, 5) is 2.60. The maximum absolute atomic E-state index is 5.74. The quantitative estimate of drug-likeness (QED) is 0.761. The molecule has 2 fully saturated rings. The molecule has 0 bridgehead atoms. The molecule has 2 atom stereocenters. The normalized spacial score (nSPS) is 33.6. The van der Waals surface area contributed by atoms with Crippen molar-refractivity contribution in [3.63, 3.8) is 0 Å². The minimum absolute atomic E-state index is 0.364. The van der Waals surface area contributed by atoms with E-state index in [1.165, 1.54) is 19.3 Å². The SMILES string of the molecule is CNCC1CN(C2CCCOCC2)CCO1. The van der Waals surface area contributed by atoms with Gasteiger partial charge in [-0.1, -0.05) is 0 Å². The van der Waals surface area contributed by atoms with Crippen LogP contribution in [0.1, 0.15) is 19.3 Å². The highest BCUT2D eigenvalue weighted by Gasteiger charge is 2.26. The van der Waals surface area contributed by atoms with Gasteiger partial charge in [0.1, 0.15) is 0 Å². The van der Waals surface area contributed by atoms with Gasteiger partial charge in [0.05, 0.1) is 12.7 Å². The molecule has 2 aliphatic heterocycles. The third kappa shape index (κ3) is 3.42. The molecule has 2 aliphatic rings. The molecule has 0 radical (unpaired) electrons. The fourth-order valence-corrected chi connectivity index (χ4v) is 2.68. The van der Waals surface area contributed by atoms with Gasteiger partial charge in [-0.2, -0.15) is 0 Å². The third-order valence-corrected chi connectivity index (χ3v) is 3.54. The van der Waals surface area contributed by atoms with Crippen LogP contribution >= 0.6 is 0 Å². The number of hydrogen-bond acceptors (Lipinski definition) is 4. The summed E-state index contributed by atoms with van der Waals surface area (Å²) in [5.74, 6) is 0. The lowest BCUT2D eigenvalue weighted by Gasteiger charge is -2.37. The Bertz CT molecular complexity index is 191. The van der Waals surface area contributed by atoms with Gasteiger partial charge in [-0.3, -0.25) is 4.90 Å². The summed E-state index contributed by atoms with van der Waals surface area (Å²) in [6.45, 7) is 5.87. The van der Waals surface area contributed by atoms with Gasteiger partial charge < -0.3 is 14.8 Å². The summed E-state index contributed by atoms with van der Waals surface area (Å²) in [6, 6.07) is 0.714. The fourth-order valence-electron chi connectivity index (χ4n) is 2.68.